The predicted molar refractivity (Wildman–Crippen MR) is 118 cm³/mol. The molecule has 0 radical (unpaired) electrons. The van der Waals surface area contributed by atoms with Crippen molar-refractivity contribution >= 4 is 11.6 Å². The van der Waals surface area contributed by atoms with Gasteiger partial charge in [-0.05, 0) is 18.9 Å². The smallest absolute Gasteiger partial charge is 0.274 e. The fourth-order valence-corrected chi connectivity index (χ4v) is 4.09. The van der Waals surface area contributed by atoms with E-state index in [1.165, 1.54) is 12.8 Å². The van der Waals surface area contributed by atoms with Crippen LogP contribution in [0.5, 0.6) is 0 Å². The lowest BCUT2D eigenvalue weighted by Crippen LogP contribution is -2.32. The molecule has 3 heterocycles. The summed E-state index contributed by atoms with van der Waals surface area (Å²) in [5.41, 5.74) is 5.03. The molecule has 1 saturated heterocycles. The van der Waals surface area contributed by atoms with Gasteiger partial charge in [0.1, 0.15) is 0 Å². The molecule has 1 aliphatic heterocycles. The van der Waals surface area contributed by atoms with Crippen LogP contribution < -0.4 is 0 Å². The van der Waals surface area contributed by atoms with Crippen LogP contribution in [0.2, 0.25) is 0 Å². The molecule has 0 saturated carbocycles. The lowest BCUT2D eigenvalue weighted by Gasteiger charge is -2.18. The minimum absolute atomic E-state index is 0.00247. The van der Waals surface area contributed by atoms with Crippen LogP contribution in [0.3, 0.4) is 0 Å². The Hall–Kier alpha value is -3.47. The van der Waals surface area contributed by atoms with Crippen molar-refractivity contribution < 1.29 is 4.79 Å². The zero-order valence-electron chi connectivity index (χ0n) is 16.9. The predicted octanol–water partition coefficient (Wildman–Crippen LogP) is 5.08. The molecule has 5 rings (SSSR count). The number of carbonyl (C=O) groups excluding carboxylic acids is 1. The number of benzene rings is 2. The number of hydrogen-bond acceptors (Lipinski definition) is 3. The molecule has 30 heavy (non-hydrogen) atoms. The van der Waals surface area contributed by atoms with Gasteiger partial charge in [-0.3, -0.25) is 4.79 Å². The van der Waals surface area contributed by atoms with Gasteiger partial charge >= 0.3 is 0 Å². The SMILES string of the molecule is O=C(c1cc2nc(-c3ccccc3)cc(-c3ccccc3)n2n1)N1CCCCCC1. The van der Waals surface area contributed by atoms with Crippen LogP contribution in [0.25, 0.3) is 28.2 Å². The molecule has 0 bridgehead atoms. The molecule has 1 fully saturated rings. The van der Waals surface area contributed by atoms with E-state index in [2.05, 4.69) is 12.1 Å². The number of hydrogen-bond donors (Lipinski definition) is 0. The molecule has 2 aromatic heterocycles. The first kappa shape index (κ1) is 18.6. The Morgan fingerprint density at radius 2 is 1.40 bits per heavy atom. The maximum absolute atomic E-state index is 13.1. The number of amides is 1. The summed E-state index contributed by atoms with van der Waals surface area (Å²) in [4.78, 5) is 19.9. The van der Waals surface area contributed by atoms with Gasteiger partial charge < -0.3 is 4.90 Å². The van der Waals surface area contributed by atoms with Crippen LogP contribution in [0.15, 0.2) is 72.8 Å². The number of rotatable bonds is 3. The number of fused-ring (bicyclic) bond motifs is 1. The average molecular weight is 396 g/mol. The number of aromatic nitrogens is 3. The Bertz CT molecular complexity index is 1160. The third-order valence-corrected chi connectivity index (χ3v) is 5.68. The minimum Gasteiger partial charge on any atom is -0.337 e. The topological polar surface area (TPSA) is 50.5 Å². The summed E-state index contributed by atoms with van der Waals surface area (Å²) >= 11 is 0. The molecular formula is C25H24N4O. The molecule has 0 N–H and O–H groups in total. The van der Waals surface area contributed by atoms with E-state index in [1.807, 2.05) is 65.6 Å². The highest BCUT2D eigenvalue weighted by atomic mass is 16.2. The summed E-state index contributed by atoms with van der Waals surface area (Å²) in [5.74, 6) is 0.00247. The molecule has 0 atom stereocenters. The zero-order valence-corrected chi connectivity index (χ0v) is 16.9. The molecule has 0 aliphatic carbocycles. The van der Waals surface area contributed by atoms with E-state index < -0.39 is 0 Å². The quantitative estimate of drug-likeness (QED) is 0.485. The van der Waals surface area contributed by atoms with E-state index in [-0.39, 0.29) is 5.91 Å². The lowest BCUT2D eigenvalue weighted by atomic mass is 10.1. The summed E-state index contributed by atoms with van der Waals surface area (Å²) in [6.07, 6.45) is 4.50. The van der Waals surface area contributed by atoms with Crippen LogP contribution in [0.1, 0.15) is 36.2 Å². The first-order valence-electron chi connectivity index (χ1n) is 10.6. The van der Waals surface area contributed by atoms with Crippen LogP contribution in [0, 0.1) is 0 Å². The first-order chi connectivity index (χ1) is 14.8. The molecule has 4 aromatic rings. The maximum atomic E-state index is 13.1. The van der Waals surface area contributed by atoms with Crippen molar-refractivity contribution in [2.24, 2.45) is 0 Å². The normalized spacial score (nSPS) is 14.6. The van der Waals surface area contributed by atoms with Crippen molar-refractivity contribution in [3.8, 4) is 22.5 Å². The van der Waals surface area contributed by atoms with Crippen LogP contribution in [0.4, 0.5) is 0 Å². The highest BCUT2D eigenvalue weighted by Gasteiger charge is 2.22. The fraction of sp³-hybridized carbons (Fsp3) is 0.240. The Morgan fingerprint density at radius 1 is 0.767 bits per heavy atom. The summed E-state index contributed by atoms with van der Waals surface area (Å²) < 4.78 is 1.80. The first-order valence-corrected chi connectivity index (χ1v) is 10.6. The zero-order chi connectivity index (χ0) is 20.3. The van der Waals surface area contributed by atoms with Crippen LogP contribution >= 0.6 is 0 Å². The van der Waals surface area contributed by atoms with Gasteiger partial charge in [0, 0.05) is 30.3 Å². The van der Waals surface area contributed by atoms with Crippen molar-refractivity contribution in [2.75, 3.05) is 13.1 Å². The van der Waals surface area contributed by atoms with Gasteiger partial charge in [-0.25, -0.2) is 9.50 Å². The maximum Gasteiger partial charge on any atom is 0.274 e. The van der Waals surface area contributed by atoms with Gasteiger partial charge in [0.05, 0.1) is 11.4 Å². The van der Waals surface area contributed by atoms with E-state index in [0.717, 1.165) is 48.4 Å². The van der Waals surface area contributed by atoms with Gasteiger partial charge in [-0.1, -0.05) is 73.5 Å². The van der Waals surface area contributed by atoms with Crippen molar-refractivity contribution in [3.63, 3.8) is 0 Å². The largest absolute Gasteiger partial charge is 0.337 e. The van der Waals surface area contributed by atoms with Gasteiger partial charge in [0.15, 0.2) is 11.3 Å². The van der Waals surface area contributed by atoms with E-state index in [9.17, 15) is 4.79 Å². The molecule has 1 amide bonds. The summed E-state index contributed by atoms with van der Waals surface area (Å²) in [6.45, 7) is 1.61. The Kier molecular flexibility index (Phi) is 5.01. The van der Waals surface area contributed by atoms with Gasteiger partial charge in [-0.15, -0.1) is 0 Å². The molecule has 150 valence electrons. The van der Waals surface area contributed by atoms with Crippen molar-refractivity contribution in [1.82, 2.24) is 19.5 Å². The molecule has 5 nitrogen and oxygen atoms in total. The average Bonchev–Trinajstić information content (AvgIpc) is 3.05. The summed E-state index contributed by atoms with van der Waals surface area (Å²) in [7, 11) is 0. The van der Waals surface area contributed by atoms with E-state index in [4.69, 9.17) is 10.1 Å². The second-order valence-corrected chi connectivity index (χ2v) is 7.76. The molecule has 2 aromatic carbocycles. The molecule has 0 unspecified atom stereocenters. The molecule has 5 heteroatoms. The Balaban J connectivity index is 1.63. The fourth-order valence-electron chi connectivity index (χ4n) is 4.09. The lowest BCUT2D eigenvalue weighted by molar-refractivity contribution is 0.0755. The third kappa shape index (κ3) is 3.59. The number of carbonyl (C=O) groups is 1. The van der Waals surface area contributed by atoms with Gasteiger partial charge in [0.25, 0.3) is 5.91 Å². The van der Waals surface area contributed by atoms with E-state index in [1.54, 1.807) is 4.52 Å². The summed E-state index contributed by atoms with van der Waals surface area (Å²) in [5, 5.41) is 4.69. The second kappa shape index (κ2) is 8.11. The van der Waals surface area contributed by atoms with E-state index in [0.29, 0.717) is 11.3 Å². The summed E-state index contributed by atoms with van der Waals surface area (Å²) in [6, 6.07) is 24.1. The van der Waals surface area contributed by atoms with Crippen molar-refractivity contribution in [3.05, 3.63) is 78.5 Å². The standard InChI is InChI=1S/C25H24N4O/c30-25(28-15-9-1-2-10-16-28)22-18-24-26-21(19-11-5-3-6-12-19)17-23(29(24)27-22)20-13-7-4-8-14-20/h3-8,11-14,17-18H,1-2,9-10,15-16H2. The second-order valence-electron chi connectivity index (χ2n) is 7.76. The van der Waals surface area contributed by atoms with Crippen LogP contribution in [-0.2, 0) is 0 Å². The highest BCUT2D eigenvalue weighted by Crippen LogP contribution is 2.27. The molecule has 0 spiro atoms. The van der Waals surface area contributed by atoms with E-state index >= 15 is 0 Å². The minimum atomic E-state index is 0.00247. The number of nitrogens with zero attached hydrogens (tertiary/aromatic N) is 4. The third-order valence-electron chi connectivity index (χ3n) is 5.68. The molecule has 1 aliphatic rings. The van der Waals surface area contributed by atoms with Crippen molar-refractivity contribution in [1.29, 1.82) is 0 Å². The highest BCUT2D eigenvalue weighted by molar-refractivity contribution is 5.93. The Labute approximate surface area is 176 Å². The van der Waals surface area contributed by atoms with Gasteiger partial charge in [-0.2, -0.15) is 5.10 Å². The Morgan fingerprint density at radius 3 is 2.07 bits per heavy atom. The monoisotopic (exact) mass is 396 g/mol. The van der Waals surface area contributed by atoms with Crippen molar-refractivity contribution in [2.45, 2.75) is 25.7 Å². The molecular weight excluding hydrogens is 372 g/mol. The number of likely N-dealkylation sites (tertiary alicyclic amines) is 1. The van der Waals surface area contributed by atoms with Crippen LogP contribution in [-0.4, -0.2) is 38.5 Å². The van der Waals surface area contributed by atoms with Gasteiger partial charge in [0.2, 0.25) is 0 Å².